The highest BCUT2D eigenvalue weighted by molar-refractivity contribution is 7.98. The van der Waals surface area contributed by atoms with Crippen molar-refractivity contribution in [2.24, 2.45) is 5.73 Å². The van der Waals surface area contributed by atoms with Crippen LogP contribution in [0.2, 0.25) is 0 Å². The summed E-state index contributed by atoms with van der Waals surface area (Å²) in [5, 5.41) is 0. The van der Waals surface area contributed by atoms with Crippen LogP contribution in [0.4, 0.5) is 0 Å². The van der Waals surface area contributed by atoms with Gasteiger partial charge in [0.1, 0.15) is 11.8 Å². The normalized spacial score (nSPS) is 12.4. The standard InChI is InChI=1S/C11H18N2O3S/c1-3-15-11(14)9(12)4-5-17-6-10-8(2)16-7-13-10/h7,9H,3-6,12H2,1-2H3. The molecular weight excluding hydrogens is 240 g/mol. The monoisotopic (exact) mass is 258 g/mol. The maximum absolute atomic E-state index is 11.2. The highest BCUT2D eigenvalue weighted by Crippen LogP contribution is 2.15. The number of carbonyl (C=O) groups excluding carboxylic acids is 1. The second-order valence-corrected chi connectivity index (χ2v) is 4.66. The van der Waals surface area contributed by atoms with E-state index in [-0.39, 0.29) is 5.97 Å². The lowest BCUT2D eigenvalue weighted by atomic mass is 10.2. The van der Waals surface area contributed by atoms with Crippen LogP contribution in [0.15, 0.2) is 10.8 Å². The first-order valence-electron chi connectivity index (χ1n) is 5.54. The Labute approximate surface area is 105 Å². The summed E-state index contributed by atoms with van der Waals surface area (Å²) in [5.74, 6) is 2.09. The quantitative estimate of drug-likeness (QED) is 0.590. The molecule has 1 heterocycles. The van der Waals surface area contributed by atoms with Gasteiger partial charge in [-0.3, -0.25) is 4.79 Å². The molecule has 0 aliphatic rings. The van der Waals surface area contributed by atoms with Crippen molar-refractivity contribution in [2.45, 2.75) is 32.1 Å². The lowest BCUT2D eigenvalue weighted by Gasteiger charge is -2.09. The molecule has 6 heteroatoms. The van der Waals surface area contributed by atoms with Gasteiger partial charge in [-0.2, -0.15) is 11.8 Å². The van der Waals surface area contributed by atoms with Gasteiger partial charge in [0.15, 0.2) is 6.39 Å². The van der Waals surface area contributed by atoms with E-state index in [2.05, 4.69) is 4.98 Å². The zero-order chi connectivity index (χ0) is 12.7. The van der Waals surface area contributed by atoms with Gasteiger partial charge in [-0.05, 0) is 26.0 Å². The maximum Gasteiger partial charge on any atom is 0.322 e. The first-order valence-corrected chi connectivity index (χ1v) is 6.69. The summed E-state index contributed by atoms with van der Waals surface area (Å²) in [7, 11) is 0. The molecule has 1 unspecified atom stereocenters. The predicted molar refractivity (Wildman–Crippen MR) is 66.6 cm³/mol. The predicted octanol–water partition coefficient (Wildman–Crippen LogP) is 1.50. The molecule has 0 aliphatic heterocycles. The van der Waals surface area contributed by atoms with Gasteiger partial charge in [-0.1, -0.05) is 0 Å². The average Bonchev–Trinajstić information content (AvgIpc) is 2.70. The molecule has 0 saturated carbocycles. The van der Waals surface area contributed by atoms with Gasteiger partial charge in [0.25, 0.3) is 0 Å². The van der Waals surface area contributed by atoms with E-state index in [0.29, 0.717) is 13.0 Å². The molecule has 0 amide bonds. The van der Waals surface area contributed by atoms with Gasteiger partial charge >= 0.3 is 5.97 Å². The number of rotatable bonds is 7. The number of oxazole rings is 1. The van der Waals surface area contributed by atoms with Crippen molar-refractivity contribution in [1.29, 1.82) is 0 Å². The molecular formula is C11H18N2O3S. The Morgan fingerprint density at radius 3 is 3.06 bits per heavy atom. The number of hydrogen-bond acceptors (Lipinski definition) is 6. The number of hydrogen-bond donors (Lipinski definition) is 1. The molecule has 0 aromatic carbocycles. The smallest absolute Gasteiger partial charge is 0.322 e. The molecule has 0 saturated heterocycles. The summed E-state index contributed by atoms with van der Waals surface area (Å²) in [6, 6.07) is -0.527. The molecule has 5 nitrogen and oxygen atoms in total. The highest BCUT2D eigenvalue weighted by Gasteiger charge is 2.14. The molecule has 0 fully saturated rings. The molecule has 96 valence electrons. The van der Waals surface area contributed by atoms with E-state index in [4.69, 9.17) is 14.9 Å². The van der Waals surface area contributed by atoms with E-state index in [1.54, 1.807) is 18.7 Å². The van der Waals surface area contributed by atoms with E-state index in [1.807, 2.05) is 6.92 Å². The number of aromatic nitrogens is 1. The van der Waals surface area contributed by atoms with Crippen LogP contribution in [0, 0.1) is 6.92 Å². The van der Waals surface area contributed by atoms with Crippen molar-refractivity contribution in [3.63, 3.8) is 0 Å². The van der Waals surface area contributed by atoms with Crippen LogP contribution in [0.3, 0.4) is 0 Å². The van der Waals surface area contributed by atoms with Crippen molar-refractivity contribution in [2.75, 3.05) is 12.4 Å². The Kier molecular flexibility index (Phi) is 6.07. The Morgan fingerprint density at radius 2 is 2.47 bits per heavy atom. The third kappa shape index (κ3) is 4.79. The van der Waals surface area contributed by atoms with Crippen molar-refractivity contribution in [1.82, 2.24) is 4.98 Å². The fourth-order valence-corrected chi connectivity index (χ4v) is 2.25. The number of carbonyl (C=O) groups is 1. The SMILES string of the molecule is CCOC(=O)C(N)CCSCc1ncoc1C. The van der Waals surface area contributed by atoms with Crippen LogP contribution in [-0.4, -0.2) is 29.4 Å². The molecule has 1 atom stereocenters. The van der Waals surface area contributed by atoms with Crippen LogP contribution in [0.5, 0.6) is 0 Å². The van der Waals surface area contributed by atoms with Crippen LogP contribution in [-0.2, 0) is 15.3 Å². The van der Waals surface area contributed by atoms with Crippen molar-refractivity contribution < 1.29 is 13.9 Å². The Morgan fingerprint density at radius 1 is 1.71 bits per heavy atom. The minimum absolute atomic E-state index is 0.328. The van der Waals surface area contributed by atoms with E-state index in [9.17, 15) is 4.79 Å². The Hall–Kier alpha value is -1.01. The number of ether oxygens (including phenoxy) is 1. The fraction of sp³-hybridized carbons (Fsp3) is 0.636. The number of thioether (sulfide) groups is 1. The largest absolute Gasteiger partial charge is 0.465 e. The molecule has 1 aromatic heterocycles. The van der Waals surface area contributed by atoms with Crippen LogP contribution >= 0.6 is 11.8 Å². The molecule has 1 aromatic rings. The third-order valence-corrected chi connectivity index (χ3v) is 3.25. The van der Waals surface area contributed by atoms with E-state index in [0.717, 1.165) is 23.0 Å². The summed E-state index contributed by atoms with van der Waals surface area (Å²) < 4.78 is 9.91. The third-order valence-electron chi connectivity index (χ3n) is 2.25. The summed E-state index contributed by atoms with van der Waals surface area (Å²) in [5.41, 5.74) is 6.61. The average molecular weight is 258 g/mol. The molecule has 0 radical (unpaired) electrons. The fourth-order valence-electron chi connectivity index (χ4n) is 1.21. The lowest BCUT2D eigenvalue weighted by Crippen LogP contribution is -2.32. The molecule has 2 N–H and O–H groups in total. The van der Waals surface area contributed by atoms with Crippen molar-refractivity contribution in [3.8, 4) is 0 Å². The molecule has 0 aliphatic carbocycles. The maximum atomic E-state index is 11.2. The summed E-state index contributed by atoms with van der Waals surface area (Å²) in [4.78, 5) is 15.3. The van der Waals surface area contributed by atoms with Crippen LogP contribution in [0.1, 0.15) is 24.8 Å². The molecule has 0 bridgehead atoms. The zero-order valence-corrected chi connectivity index (χ0v) is 11.0. The van der Waals surface area contributed by atoms with E-state index >= 15 is 0 Å². The second kappa shape index (κ2) is 7.34. The molecule has 17 heavy (non-hydrogen) atoms. The van der Waals surface area contributed by atoms with Gasteiger partial charge in [0.2, 0.25) is 0 Å². The summed E-state index contributed by atoms with van der Waals surface area (Å²) in [6.45, 7) is 4.03. The van der Waals surface area contributed by atoms with Crippen molar-refractivity contribution in [3.05, 3.63) is 17.8 Å². The number of nitrogens with two attached hydrogens (primary N) is 1. The first-order chi connectivity index (χ1) is 8.15. The summed E-state index contributed by atoms with van der Waals surface area (Å²) >= 11 is 1.68. The Bertz CT molecular complexity index is 354. The second-order valence-electron chi connectivity index (χ2n) is 3.56. The van der Waals surface area contributed by atoms with Gasteiger partial charge in [-0.15, -0.1) is 0 Å². The van der Waals surface area contributed by atoms with E-state index in [1.165, 1.54) is 6.39 Å². The van der Waals surface area contributed by atoms with Crippen molar-refractivity contribution >= 4 is 17.7 Å². The topological polar surface area (TPSA) is 78.4 Å². The number of aryl methyl sites for hydroxylation is 1. The summed E-state index contributed by atoms with van der Waals surface area (Å²) in [6.07, 6.45) is 2.05. The number of esters is 1. The van der Waals surface area contributed by atoms with Gasteiger partial charge in [0, 0.05) is 5.75 Å². The van der Waals surface area contributed by atoms with Gasteiger partial charge < -0.3 is 14.9 Å². The van der Waals surface area contributed by atoms with Gasteiger partial charge in [-0.25, -0.2) is 4.98 Å². The highest BCUT2D eigenvalue weighted by atomic mass is 32.2. The Balaban J connectivity index is 2.16. The first kappa shape index (κ1) is 14.1. The van der Waals surface area contributed by atoms with Crippen LogP contribution < -0.4 is 5.73 Å². The minimum atomic E-state index is -0.527. The lowest BCUT2D eigenvalue weighted by molar-refractivity contribution is -0.144. The van der Waals surface area contributed by atoms with Gasteiger partial charge in [0.05, 0.1) is 12.3 Å². The number of nitrogens with zero attached hydrogens (tertiary/aromatic N) is 1. The van der Waals surface area contributed by atoms with E-state index < -0.39 is 6.04 Å². The molecule has 0 spiro atoms. The molecule has 1 rings (SSSR count). The van der Waals surface area contributed by atoms with Crippen LogP contribution in [0.25, 0.3) is 0 Å². The minimum Gasteiger partial charge on any atom is -0.465 e. The zero-order valence-electron chi connectivity index (χ0n) is 10.1.